The summed E-state index contributed by atoms with van der Waals surface area (Å²) in [6.07, 6.45) is 0.614. The highest BCUT2D eigenvalue weighted by Crippen LogP contribution is 2.44. The summed E-state index contributed by atoms with van der Waals surface area (Å²) in [5.74, 6) is 0.786. The maximum Gasteiger partial charge on any atom is 0.114 e. The van der Waals surface area contributed by atoms with Crippen molar-refractivity contribution < 1.29 is 20.6 Å². The summed E-state index contributed by atoms with van der Waals surface area (Å²) in [4.78, 5) is 4.75. The van der Waals surface area contributed by atoms with Gasteiger partial charge >= 0.3 is 0 Å². The number of imidazole rings is 1. The molecular weight excluding hydrogens is 496 g/mol. The molecule has 0 fully saturated rings. The Bertz CT molecular complexity index is 2980. The zero-order valence-corrected chi connectivity index (χ0v) is 21.7. The van der Waals surface area contributed by atoms with Crippen molar-refractivity contribution in [1.29, 1.82) is 0 Å². The van der Waals surface area contributed by atoms with E-state index in [9.17, 15) is 8.22 Å². The van der Waals surface area contributed by atoms with Gasteiger partial charge in [-0.25, -0.2) is 4.98 Å². The zero-order chi connectivity index (χ0) is 40.4. The van der Waals surface area contributed by atoms with E-state index in [1.54, 1.807) is 24.3 Å². The van der Waals surface area contributed by atoms with Gasteiger partial charge in [0.05, 0.1) is 31.6 Å². The minimum absolute atomic E-state index is 0.0439. The van der Waals surface area contributed by atoms with E-state index in [0.717, 1.165) is 22.5 Å². The van der Waals surface area contributed by atoms with Crippen LogP contribution in [-0.2, 0) is 6.42 Å². The van der Waals surface area contributed by atoms with Crippen molar-refractivity contribution in [2.45, 2.75) is 13.3 Å². The van der Waals surface area contributed by atoms with Crippen LogP contribution in [0.25, 0.3) is 71.3 Å². The summed E-state index contributed by atoms with van der Waals surface area (Å²) in [6.45, 7) is 1.98. The van der Waals surface area contributed by atoms with Gasteiger partial charge < -0.3 is 0 Å². The number of fused-ring (bicyclic) bond motifs is 4. The van der Waals surface area contributed by atoms with Crippen molar-refractivity contribution in [3.63, 3.8) is 0 Å². The van der Waals surface area contributed by atoms with E-state index in [1.807, 2.05) is 35.8 Å². The number of hydrogen-bond acceptors (Lipinski definition) is 1. The zero-order valence-electron chi connectivity index (χ0n) is 36.7. The molecule has 0 aliphatic carbocycles. The van der Waals surface area contributed by atoms with E-state index < -0.39 is 107 Å². The molecule has 0 spiro atoms. The van der Waals surface area contributed by atoms with Gasteiger partial charge in [0.2, 0.25) is 0 Å². The first-order valence-corrected chi connectivity index (χ1v) is 13.1. The molecule has 2 nitrogen and oxygen atoms in total. The fourth-order valence-electron chi connectivity index (χ4n) is 5.45. The summed E-state index contributed by atoms with van der Waals surface area (Å²) >= 11 is 0. The van der Waals surface area contributed by atoms with Gasteiger partial charge in [-0.2, -0.15) is 0 Å². The molecule has 0 bridgehead atoms. The molecule has 1 heterocycles. The minimum atomic E-state index is -0.730. The molecule has 0 N–H and O–H groups in total. The Morgan fingerprint density at radius 2 is 1.20 bits per heavy atom. The Morgan fingerprint density at radius 1 is 0.610 bits per heavy atom. The predicted molar refractivity (Wildman–Crippen MR) is 174 cm³/mol. The van der Waals surface area contributed by atoms with Crippen LogP contribution in [0.2, 0.25) is 0 Å². The van der Waals surface area contributed by atoms with Crippen LogP contribution < -0.4 is 0 Å². The fraction of sp³-hybridized carbons (Fsp3) is 0.0513. The topological polar surface area (TPSA) is 17.8 Å². The van der Waals surface area contributed by atoms with Crippen molar-refractivity contribution >= 4 is 43.4 Å². The first-order valence-electron chi connectivity index (χ1n) is 20.6. The molecule has 0 radical (unpaired) electrons. The van der Waals surface area contributed by atoms with Gasteiger partial charge in [0.25, 0.3) is 0 Å². The van der Waals surface area contributed by atoms with Gasteiger partial charge in [0.15, 0.2) is 0 Å². The second-order valence-electron chi connectivity index (χ2n) is 9.50. The maximum absolute atomic E-state index is 9.37. The average molecular weight is 540 g/mol. The van der Waals surface area contributed by atoms with Crippen LogP contribution in [0.4, 0.5) is 0 Å². The molecule has 8 aromatic rings. The van der Waals surface area contributed by atoms with Crippen molar-refractivity contribution in [1.82, 2.24) is 9.55 Å². The van der Waals surface area contributed by atoms with Crippen LogP contribution in [-0.4, -0.2) is 9.55 Å². The lowest BCUT2D eigenvalue weighted by atomic mass is 9.85. The summed E-state index contributed by atoms with van der Waals surface area (Å²) in [5.41, 5.74) is 1.89. The van der Waals surface area contributed by atoms with Gasteiger partial charge in [-0.15, -0.1) is 0 Å². The number of rotatable bonds is 4. The van der Waals surface area contributed by atoms with Crippen molar-refractivity contribution in [2.75, 3.05) is 0 Å². The molecule has 41 heavy (non-hydrogen) atoms. The van der Waals surface area contributed by atoms with Gasteiger partial charge in [-0.1, -0.05) is 116 Å². The standard InChI is InChI=1S/C39H28N2/c1-2-37-40-35-17-9-10-18-36(35)41(37)30-23-21-27(22-24-30)38-31-13-5-7-15-33(31)39(34-16-8-6-14-32(34)38)29-20-19-26-11-3-4-12-28(26)25-29/h3-25H,2H2,1H3/i3D,4D,5D,6D,7D,8D,11D,12D,13D,14D,15D,16D,19D,20D,25D. The molecule has 7 aromatic carbocycles. The van der Waals surface area contributed by atoms with Crippen LogP contribution in [0, 0.1) is 0 Å². The Labute approximate surface area is 260 Å². The lowest BCUT2D eigenvalue weighted by molar-refractivity contribution is 0.908. The lowest BCUT2D eigenvalue weighted by Crippen LogP contribution is -2.00. The number of aryl methyl sites for hydroxylation is 1. The third-order valence-electron chi connectivity index (χ3n) is 7.24. The smallest absolute Gasteiger partial charge is 0.114 e. The van der Waals surface area contributed by atoms with E-state index in [1.165, 1.54) is 0 Å². The Hall–Kier alpha value is -5.21. The lowest BCUT2D eigenvalue weighted by Gasteiger charge is -2.18. The van der Waals surface area contributed by atoms with Gasteiger partial charge in [-0.3, -0.25) is 4.57 Å². The molecular formula is C39H28N2. The highest BCUT2D eigenvalue weighted by Gasteiger charge is 2.17. The number of hydrogen-bond donors (Lipinski definition) is 0. The number of aromatic nitrogens is 2. The monoisotopic (exact) mass is 539 g/mol. The summed E-state index contributed by atoms with van der Waals surface area (Å²) < 4.78 is 135. The largest absolute Gasteiger partial charge is 0.296 e. The highest BCUT2D eigenvalue weighted by molar-refractivity contribution is 6.21. The fourth-order valence-corrected chi connectivity index (χ4v) is 5.45. The molecule has 0 aliphatic heterocycles. The minimum Gasteiger partial charge on any atom is -0.296 e. The third kappa shape index (κ3) is 3.76. The van der Waals surface area contributed by atoms with Crippen LogP contribution >= 0.6 is 0 Å². The average Bonchev–Trinajstić information content (AvgIpc) is 3.58. The third-order valence-corrected chi connectivity index (χ3v) is 7.24. The maximum atomic E-state index is 9.37. The van der Waals surface area contributed by atoms with Crippen LogP contribution in [0.5, 0.6) is 0 Å². The predicted octanol–water partition coefficient (Wildman–Crippen LogP) is 10.4. The summed E-state index contributed by atoms with van der Waals surface area (Å²) in [7, 11) is 0. The first-order chi connectivity index (χ1) is 26.5. The van der Waals surface area contributed by atoms with E-state index in [0.29, 0.717) is 12.0 Å². The van der Waals surface area contributed by atoms with E-state index in [-0.39, 0.29) is 32.7 Å². The Morgan fingerprint density at radius 3 is 1.85 bits per heavy atom. The quantitative estimate of drug-likeness (QED) is 0.203. The van der Waals surface area contributed by atoms with Crippen molar-refractivity contribution in [2.24, 2.45) is 0 Å². The molecule has 0 saturated heterocycles. The molecule has 0 saturated carbocycles. The molecule has 1 aromatic heterocycles. The normalized spacial score (nSPS) is 16.8. The van der Waals surface area contributed by atoms with Crippen LogP contribution in [0.15, 0.2) is 139 Å². The molecule has 8 rings (SSSR count). The number of benzene rings is 7. The van der Waals surface area contributed by atoms with Crippen molar-refractivity contribution in [3.05, 3.63) is 145 Å². The second kappa shape index (κ2) is 9.46. The SMILES string of the molecule is [2H]c1c([2H])c([2H])c2c([2H])c(-c3c4c([2H])c([2H])c([2H])c([2H])c4c(-c4ccc(-n5c(CC)nc6ccccc65)cc4)c4c([2H])c([2H])c([2H])c([2H])c34)c([2H])c([2H])c2c1[2H]. The van der Waals surface area contributed by atoms with E-state index in [2.05, 4.69) is 0 Å². The Kier molecular flexibility index (Phi) is 2.99. The molecule has 2 heteroatoms. The molecule has 0 aliphatic rings. The van der Waals surface area contributed by atoms with E-state index in [4.69, 9.17) is 17.3 Å². The van der Waals surface area contributed by atoms with Crippen LogP contribution in [0.1, 0.15) is 33.3 Å². The second-order valence-corrected chi connectivity index (χ2v) is 9.50. The van der Waals surface area contributed by atoms with Gasteiger partial charge in [0.1, 0.15) is 5.82 Å². The van der Waals surface area contributed by atoms with Gasteiger partial charge in [0, 0.05) is 12.1 Å². The molecule has 0 unspecified atom stereocenters. The Balaban J connectivity index is 1.60. The van der Waals surface area contributed by atoms with Crippen molar-refractivity contribution in [3.8, 4) is 27.9 Å². The number of para-hydroxylation sites is 2. The van der Waals surface area contributed by atoms with Gasteiger partial charge in [-0.05, 0) is 84.9 Å². The number of nitrogens with zero attached hydrogens (tertiary/aromatic N) is 2. The van der Waals surface area contributed by atoms with E-state index >= 15 is 0 Å². The highest BCUT2D eigenvalue weighted by atomic mass is 15.1. The molecule has 0 atom stereocenters. The van der Waals surface area contributed by atoms with Crippen LogP contribution in [0.3, 0.4) is 0 Å². The molecule has 0 amide bonds. The first kappa shape index (κ1) is 13.0. The summed E-state index contributed by atoms with van der Waals surface area (Å²) in [5, 5.41) is -1.74. The molecule has 194 valence electrons. The summed E-state index contributed by atoms with van der Waals surface area (Å²) in [6, 6.07) is 4.66.